The minimum Gasteiger partial charge on any atom is -0.459 e. The first-order valence-corrected chi connectivity index (χ1v) is 10.8. The van der Waals surface area contributed by atoms with Crippen LogP contribution in [0.1, 0.15) is 29.4 Å². The molecule has 4 aromatic rings. The summed E-state index contributed by atoms with van der Waals surface area (Å²) in [4.78, 5) is 13.6. The van der Waals surface area contributed by atoms with E-state index in [1.807, 2.05) is 54.9 Å². The van der Waals surface area contributed by atoms with E-state index in [4.69, 9.17) is 4.42 Å². The molecule has 1 unspecified atom stereocenters. The largest absolute Gasteiger partial charge is 0.459 e. The van der Waals surface area contributed by atoms with Gasteiger partial charge in [0.05, 0.1) is 11.8 Å². The number of thiophene rings is 1. The van der Waals surface area contributed by atoms with E-state index in [9.17, 15) is 4.79 Å². The van der Waals surface area contributed by atoms with E-state index in [1.165, 1.54) is 16.6 Å². The zero-order valence-corrected chi connectivity index (χ0v) is 17.2. The lowest BCUT2D eigenvalue weighted by Gasteiger charge is -2.11. The number of hydrogen-bond donors (Lipinski definition) is 1. The fraction of sp³-hybridized carbons (Fsp3) is 0.250. The number of hydrogen-bond acceptors (Lipinski definition) is 6. The van der Waals surface area contributed by atoms with Crippen molar-refractivity contribution in [1.29, 1.82) is 0 Å². The molecular formula is C20H20N4O2S2. The van der Waals surface area contributed by atoms with Gasteiger partial charge in [-0.2, -0.15) is 0 Å². The van der Waals surface area contributed by atoms with Gasteiger partial charge >= 0.3 is 0 Å². The Bertz CT molecular complexity index is 1050. The quantitative estimate of drug-likeness (QED) is 0.461. The molecule has 0 radical (unpaired) electrons. The Morgan fingerprint density at radius 2 is 2.14 bits per heavy atom. The number of nitrogens with one attached hydrogen (secondary N) is 1. The lowest BCUT2D eigenvalue weighted by Crippen LogP contribution is -2.28. The third kappa shape index (κ3) is 4.13. The van der Waals surface area contributed by atoms with E-state index in [2.05, 4.69) is 27.0 Å². The minimum absolute atomic E-state index is 0.0687. The summed E-state index contributed by atoms with van der Waals surface area (Å²) in [5.41, 5.74) is 0.824. The maximum atomic E-state index is 12.4. The van der Waals surface area contributed by atoms with Crippen molar-refractivity contribution in [1.82, 2.24) is 20.1 Å². The topological polar surface area (TPSA) is 73.0 Å². The summed E-state index contributed by atoms with van der Waals surface area (Å²) in [7, 11) is 1.93. The van der Waals surface area contributed by atoms with Crippen LogP contribution in [0.5, 0.6) is 0 Å². The van der Waals surface area contributed by atoms with E-state index in [1.54, 1.807) is 11.3 Å². The molecule has 1 N–H and O–H groups in total. The maximum Gasteiger partial charge on any atom is 0.231 e. The van der Waals surface area contributed by atoms with Crippen LogP contribution in [0.4, 0.5) is 0 Å². The number of aromatic nitrogens is 3. The average Bonchev–Trinajstić information content (AvgIpc) is 3.42. The second-order valence-electron chi connectivity index (χ2n) is 6.48. The van der Waals surface area contributed by atoms with E-state index in [-0.39, 0.29) is 17.7 Å². The van der Waals surface area contributed by atoms with Crippen LogP contribution >= 0.6 is 23.1 Å². The zero-order chi connectivity index (χ0) is 19.5. The van der Waals surface area contributed by atoms with E-state index < -0.39 is 0 Å². The summed E-state index contributed by atoms with van der Waals surface area (Å²) >= 11 is 3.08. The monoisotopic (exact) mass is 412 g/mol. The van der Waals surface area contributed by atoms with Gasteiger partial charge in [-0.25, -0.2) is 0 Å². The number of carbonyl (C=O) groups is 1. The predicted molar refractivity (Wildman–Crippen MR) is 112 cm³/mol. The number of benzene rings is 1. The van der Waals surface area contributed by atoms with Gasteiger partial charge in [0.2, 0.25) is 5.91 Å². The van der Waals surface area contributed by atoms with Crippen LogP contribution in [0, 0.1) is 0 Å². The number of amides is 1. The Balaban J connectivity index is 1.33. The third-order valence-electron chi connectivity index (χ3n) is 4.42. The summed E-state index contributed by atoms with van der Waals surface area (Å²) in [5.74, 6) is 1.84. The first-order chi connectivity index (χ1) is 13.6. The predicted octanol–water partition coefficient (Wildman–Crippen LogP) is 4.18. The summed E-state index contributed by atoms with van der Waals surface area (Å²) in [5, 5.41) is 15.3. The van der Waals surface area contributed by atoms with Gasteiger partial charge in [-0.05, 0) is 30.5 Å². The van der Waals surface area contributed by atoms with Gasteiger partial charge < -0.3 is 14.3 Å². The lowest BCUT2D eigenvalue weighted by atomic mass is 10.2. The molecule has 144 valence electrons. The van der Waals surface area contributed by atoms with Crippen LogP contribution in [0.25, 0.3) is 11.0 Å². The molecular weight excluding hydrogens is 392 g/mol. The smallest absolute Gasteiger partial charge is 0.231 e. The van der Waals surface area contributed by atoms with Crippen LogP contribution in [-0.2, 0) is 18.3 Å². The van der Waals surface area contributed by atoms with Crippen molar-refractivity contribution in [3.8, 4) is 0 Å². The number of para-hydroxylation sites is 1. The molecule has 0 saturated carbocycles. The van der Waals surface area contributed by atoms with Crippen LogP contribution in [0.3, 0.4) is 0 Å². The van der Waals surface area contributed by atoms with Crippen LogP contribution < -0.4 is 5.32 Å². The van der Waals surface area contributed by atoms with Gasteiger partial charge in [0.1, 0.15) is 17.2 Å². The van der Waals surface area contributed by atoms with E-state index in [0.29, 0.717) is 0 Å². The molecule has 0 aliphatic carbocycles. The summed E-state index contributed by atoms with van der Waals surface area (Å²) in [6, 6.07) is 13.7. The second kappa shape index (κ2) is 8.20. The van der Waals surface area contributed by atoms with Gasteiger partial charge in [0.15, 0.2) is 5.16 Å². The molecule has 0 aliphatic rings. The molecule has 0 saturated heterocycles. The van der Waals surface area contributed by atoms with Gasteiger partial charge in [-0.1, -0.05) is 36.0 Å². The summed E-state index contributed by atoms with van der Waals surface area (Å²) in [6.07, 6.45) is 0.747. The van der Waals surface area contributed by atoms with E-state index in [0.717, 1.165) is 34.1 Å². The Labute approximate surface area is 171 Å². The third-order valence-corrected chi connectivity index (χ3v) is 6.32. The highest BCUT2D eigenvalue weighted by Crippen LogP contribution is 2.24. The molecule has 0 aliphatic heterocycles. The van der Waals surface area contributed by atoms with Gasteiger partial charge in [-0.15, -0.1) is 21.5 Å². The highest BCUT2D eigenvalue weighted by Gasteiger charge is 2.16. The molecule has 1 aromatic carbocycles. The fourth-order valence-electron chi connectivity index (χ4n) is 2.89. The molecule has 3 heterocycles. The lowest BCUT2D eigenvalue weighted by molar-refractivity contribution is -0.119. The number of fused-ring (bicyclic) bond motifs is 1. The van der Waals surface area contributed by atoms with Gasteiger partial charge in [0.25, 0.3) is 0 Å². The Morgan fingerprint density at radius 1 is 1.29 bits per heavy atom. The highest BCUT2D eigenvalue weighted by molar-refractivity contribution is 7.99. The van der Waals surface area contributed by atoms with Crippen molar-refractivity contribution in [2.24, 2.45) is 7.05 Å². The van der Waals surface area contributed by atoms with Crippen molar-refractivity contribution in [3.63, 3.8) is 0 Å². The molecule has 1 atom stereocenters. The van der Waals surface area contributed by atoms with Crippen molar-refractivity contribution in [2.75, 3.05) is 5.75 Å². The highest BCUT2D eigenvalue weighted by atomic mass is 32.2. The normalized spacial score (nSPS) is 12.4. The Kier molecular flexibility index (Phi) is 5.50. The first kappa shape index (κ1) is 18.8. The maximum absolute atomic E-state index is 12.4. The number of thioether (sulfide) groups is 1. The standard InChI is InChI=1S/C20H20N4O2S2/c1-13(17-10-14-6-3-4-8-16(14)26-17)21-19(25)12-28-20-23-22-18(24(20)2)11-15-7-5-9-27-15/h3-10,13H,11-12H2,1-2H3,(H,21,25). The number of carbonyl (C=O) groups excluding carboxylic acids is 1. The second-order valence-corrected chi connectivity index (χ2v) is 8.45. The Hall–Kier alpha value is -2.58. The average molecular weight is 413 g/mol. The SMILES string of the molecule is CC(NC(=O)CSc1nnc(Cc2cccs2)n1C)c1cc2ccccc2o1. The molecule has 0 bridgehead atoms. The fourth-order valence-corrected chi connectivity index (χ4v) is 4.34. The first-order valence-electron chi connectivity index (χ1n) is 8.91. The van der Waals surface area contributed by atoms with Crippen molar-refractivity contribution in [3.05, 3.63) is 64.3 Å². The zero-order valence-electron chi connectivity index (χ0n) is 15.6. The summed E-state index contributed by atoms with van der Waals surface area (Å²) < 4.78 is 7.76. The van der Waals surface area contributed by atoms with Crippen molar-refractivity contribution in [2.45, 2.75) is 24.5 Å². The molecule has 0 spiro atoms. The molecule has 6 nitrogen and oxygen atoms in total. The number of rotatable bonds is 7. The van der Waals surface area contributed by atoms with Crippen LogP contribution in [-0.4, -0.2) is 26.4 Å². The van der Waals surface area contributed by atoms with Gasteiger partial charge in [0, 0.05) is 23.7 Å². The summed E-state index contributed by atoms with van der Waals surface area (Å²) in [6.45, 7) is 1.92. The molecule has 1 amide bonds. The number of furan rings is 1. The van der Waals surface area contributed by atoms with Crippen LogP contribution in [0.2, 0.25) is 0 Å². The molecule has 3 aromatic heterocycles. The number of nitrogens with zero attached hydrogens (tertiary/aromatic N) is 3. The molecule has 4 rings (SSSR count). The van der Waals surface area contributed by atoms with Crippen molar-refractivity contribution >= 4 is 40.0 Å². The minimum atomic E-state index is -0.200. The Morgan fingerprint density at radius 3 is 2.93 bits per heavy atom. The molecule has 28 heavy (non-hydrogen) atoms. The van der Waals surface area contributed by atoms with E-state index >= 15 is 0 Å². The van der Waals surface area contributed by atoms with Crippen molar-refractivity contribution < 1.29 is 9.21 Å². The van der Waals surface area contributed by atoms with Crippen LogP contribution in [0.15, 0.2) is 57.4 Å². The molecule has 8 heteroatoms. The molecule has 0 fully saturated rings. The van der Waals surface area contributed by atoms with Gasteiger partial charge in [-0.3, -0.25) is 4.79 Å².